The minimum absolute atomic E-state index is 0.0584. The van der Waals surface area contributed by atoms with Crippen LogP contribution in [-0.2, 0) is 26.2 Å². The SMILES string of the molecule is C=CCN1CC(C(=O)NCc2nc(-c3ccccc3NS(=O)(=O)CC)oc2C)CC1=O. The molecule has 166 valence electrons. The lowest BCUT2D eigenvalue weighted by atomic mass is 10.1. The zero-order valence-electron chi connectivity index (χ0n) is 17.6. The normalized spacial score (nSPS) is 16.4. The Morgan fingerprint density at radius 1 is 1.39 bits per heavy atom. The Kier molecular flexibility index (Phi) is 6.79. The molecular weight excluding hydrogens is 420 g/mol. The summed E-state index contributed by atoms with van der Waals surface area (Å²) >= 11 is 0. The van der Waals surface area contributed by atoms with Gasteiger partial charge in [-0.15, -0.1) is 6.58 Å². The third kappa shape index (κ3) is 5.32. The number of hydrogen-bond donors (Lipinski definition) is 2. The van der Waals surface area contributed by atoms with Crippen LogP contribution in [-0.4, -0.2) is 49.0 Å². The average molecular weight is 447 g/mol. The van der Waals surface area contributed by atoms with Gasteiger partial charge in [-0.25, -0.2) is 13.4 Å². The molecule has 0 aliphatic carbocycles. The maximum atomic E-state index is 12.5. The molecule has 0 radical (unpaired) electrons. The lowest BCUT2D eigenvalue weighted by Crippen LogP contribution is -2.32. The fourth-order valence-electron chi connectivity index (χ4n) is 3.30. The van der Waals surface area contributed by atoms with E-state index in [4.69, 9.17) is 4.42 Å². The number of nitrogens with zero attached hydrogens (tertiary/aromatic N) is 2. The highest BCUT2D eigenvalue weighted by atomic mass is 32.2. The van der Waals surface area contributed by atoms with Gasteiger partial charge in [0.25, 0.3) is 0 Å². The molecule has 1 aromatic heterocycles. The van der Waals surface area contributed by atoms with Gasteiger partial charge in [0.15, 0.2) is 0 Å². The number of likely N-dealkylation sites (tertiary alicyclic amines) is 1. The van der Waals surface area contributed by atoms with Gasteiger partial charge in [-0.05, 0) is 26.0 Å². The second-order valence-corrected chi connectivity index (χ2v) is 9.29. The third-order valence-electron chi connectivity index (χ3n) is 5.06. The van der Waals surface area contributed by atoms with Crippen LogP contribution in [0.5, 0.6) is 0 Å². The van der Waals surface area contributed by atoms with Crippen molar-refractivity contribution < 1.29 is 22.4 Å². The molecule has 2 N–H and O–H groups in total. The van der Waals surface area contributed by atoms with Crippen LogP contribution in [0, 0.1) is 12.8 Å². The van der Waals surface area contributed by atoms with E-state index in [9.17, 15) is 18.0 Å². The quantitative estimate of drug-likeness (QED) is 0.569. The first-order valence-electron chi connectivity index (χ1n) is 9.96. The number of carbonyl (C=O) groups is 2. The molecule has 3 rings (SSSR count). The molecule has 10 heteroatoms. The molecule has 0 spiro atoms. The fraction of sp³-hybridized carbons (Fsp3) is 0.381. The summed E-state index contributed by atoms with van der Waals surface area (Å²) in [6.45, 7) is 7.83. The Hall–Kier alpha value is -3.14. The molecular formula is C21H26N4O5S. The maximum absolute atomic E-state index is 12.5. The van der Waals surface area contributed by atoms with Crippen molar-refractivity contribution in [2.24, 2.45) is 5.92 Å². The topological polar surface area (TPSA) is 122 Å². The Balaban J connectivity index is 1.71. The van der Waals surface area contributed by atoms with Gasteiger partial charge in [-0.3, -0.25) is 14.3 Å². The molecule has 0 bridgehead atoms. The number of benzene rings is 1. The zero-order chi connectivity index (χ0) is 22.6. The zero-order valence-corrected chi connectivity index (χ0v) is 18.4. The number of sulfonamides is 1. The van der Waals surface area contributed by atoms with Crippen LogP contribution in [0.15, 0.2) is 41.3 Å². The number of anilines is 1. The Morgan fingerprint density at radius 2 is 2.13 bits per heavy atom. The summed E-state index contributed by atoms with van der Waals surface area (Å²) < 4.78 is 32.2. The summed E-state index contributed by atoms with van der Waals surface area (Å²) in [6, 6.07) is 6.81. The van der Waals surface area contributed by atoms with Crippen molar-refractivity contribution in [1.82, 2.24) is 15.2 Å². The van der Waals surface area contributed by atoms with Crippen LogP contribution in [0.1, 0.15) is 24.8 Å². The monoisotopic (exact) mass is 446 g/mol. The predicted molar refractivity (Wildman–Crippen MR) is 116 cm³/mol. The molecule has 2 amide bonds. The van der Waals surface area contributed by atoms with E-state index in [-0.39, 0.29) is 36.4 Å². The molecule has 1 aromatic carbocycles. The number of aryl methyl sites for hydroxylation is 1. The minimum atomic E-state index is -3.46. The lowest BCUT2D eigenvalue weighted by molar-refractivity contribution is -0.128. The molecule has 2 heterocycles. The van der Waals surface area contributed by atoms with E-state index in [0.29, 0.717) is 35.8 Å². The number of aromatic nitrogens is 1. The first kappa shape index (κ1) is 22.5. The van der Waals surface area contributed by atoms with Crippen LogP contribution in [0.25, 0.3) is 11.5 Å². The molecule has 31 heavy (non-hydrogen) atoms. The van der Waals surface area contributed by atoms with E-state index in [1.165, 1.54) is 0 Å². The van der Waals surface area contributed by atoms with Gasteiger partial charge in [0.2, 0.25) is 27.7 Å². The summed E-state index contributed by atoms with van der Waals surface area (Å²) in [5.41, 5.74) is 1.40. The van der Waals surface area contributed by atoms with Gasteiger partial charge in [-0.2, -0.15) is 0 Å². The van der Waals surface area contributed by atoms with Gasteiger partial charge in [-0.1, -0.05) is 18.2 Å². The largest absolute Gasteiger partial charge is 0.441 e. The van der Waals surface area contributed by atoms with E-state index in [1.807, 2.05) is 0 Å². The molecule has 1 fully saturated rings. The van der Waals surface area contributed by atoms with Gasteiger partial charge < -0.3 is 14.6 Å². The molecule has 9 nitrogen and oxygen atoms in total. The van der Waals surface area contributed by atoms with Gasteiger partial charge in [0.05, 0.1) is 29.5 Å². The first-order chi connectivity index (χ1) is 14.7. The number of hydrogen-bond acceptors (Lipinski definition) is 6. The smallest absolute Gasteiger partial charge is 0.232 e. The van der Waals surface area contributed by atoms with Crippen molar-refractivity contribution in [2.75, 3.05) is 23.6 Å². The second-order valence-electron chi connectivity index (χ2n) is 7.28. The Bertz CT molecular complexity index is 1090. The molecule has 2 aromatic rings. The fourth-order valence-corrected chi connectivity index (χ4v) is 3.96. The van der Waals surface area contributed by atoms with Gasteiger partial charge in [0.1, 0.15) is 11.5 Å². The third-order valence-corrected chi connectivity index (χ3v) is 6.35. The van der Waals surface area contributed by atoms with Crippen molar-refractivity contribution in [2.45, 2.75) is 26.8 Å². The van der Waals surface area contributed by atoms with Crippen LogP contribution >= 0.6 is 0 Å². The van der Waals surface area contributed by atoms with E-state index in [2.05, 4.69) is 21.6 Å². The highest BCUT2D eigenvalue weighted by molar-refractivity contribution is 7.92. The molecule has 1 unspecified atom stereocenters. The molecule has 1 aliphatic rings. The number of carbonyl (C=O) groups excluding carboxylic acids is 2. The highest BCUT2D eigenvalue weighted by Gasteiger charge is 2.33. The molecule has 1 saturated heterocycles. The summed E-state index contributed by atoms with van der Waals surface area (Å²) in [7, 11) is -3.46. The van der Waals surface area contributed by atoms with Crippen LogP contribution in [0.2, 0.25) is 0 Å². The number of oxazole rings is 1. The molecule has 1 atom stereocenters. The first-order valence-corrected chi connectivity index (χ1v) is 11.6. The lowest BCUT2D eigenvalue weighted by Gasteiger charge is -2.13. The number of amides is 2. The van der Waals surface area contributed by atoms with Crippen molar-refractivity contribution >= 4 is 27.5 Å². The van der Waals surface area contributed by atoms with E-state index >= 15 is 0 Å². The Labute approximate surface area is 181 Å². The van der Waals surface area contributed by atoms with Crippen molar-refractivity contribution in [3.63, 3.8) is 0 Å². The van der Waals surface area contributed by atoms with E-state index in [1.54, 1.807) is 49.1 Å². The minimum Gasteiger partial charge on any atom is -0.441 e. The van der Waals surface area contributed by atoms with Crippen LogP contribution in [0.4, 0.5) is 5.69 Å². The standard InChI is InChI=1S/C21H26N4O5S/c1-4-10-25-13-15(11-19(25)26)20(27)22-12-18-14(3)30-21(23-18)16-8-6-7-9-17(16)24-31(28,29)5-2/h4,6-9,15,24H,1,5,10-13H2,2-3H3,(H,22,27). The van der Waals surface area contributed by atoms with Gasteiger partial charge in [0, 0.05) is 19.5 Å². The Morgan fingerprint density at radius 3 is 2.84 bits per heavy atom. The van der Waals surface area contributed by atoms with Crippen molar-refractivity contribution in [3.05, 3.63) is 48.4 Å². The molecule has 0 saturated carbocycles. The summed E-state index contributed by atoms with van der Waals surface area (Å²) in [4.78, 5) is 30.5. The highest BCUT2D eigenvalue weighted by Crippen LogP contribution is 2.29. The number of nitrogens with one attached hydrogen (secondary N) is 2. The summed E-state index contributed by atoms with van der Waals surface area (Å²) in [5, 5.41) is 2.81. The second kappa shape index (κ2) is 9.34. The number of para-hydroxylation sites is 1. The van der Waals surface area contributed by atoms with Crippen molar-refractivity contribution in [1.29, 1.82) is 0 Å². The van der Waals surface area contributed by atoms with Gasteiger partial charge >= 0.3 is 0 Å². The van der Waals surface area contributed by atoms with Crippen molar-refractivity contribution in [3.8, 4) is 11.5 Å². The van der Waals surface area contributed by atoms with Crippen LogP contribution in [0.3, 0.4) is 0 Å². The van der Waals surface area contributed by atoms with E-state index in [0.717, 1.165) is 0 Å². The maximum Gasteiger partial charge on any atom is 0.232 e. The average Bonchev–Trinajstić information content (AvgIpc) is 3.29. The summed E-state index contributed by atoms with van der Waals surface area (Å²) in [6.07, 6.45) is 1.81. The van der Waals surface area contributed by atoms with Crippen LogP contribution < -0.4 is 10.0 Å². The molecule has 1 aliphatic heterocycles. The predicted octanol–water partition coefficient (Wildman–Crippen LogP) is 2.06. The number of rotatable bonds is 9. The van der Waals surface area contributed by atoms with E-state index < -0.39 is 15.9 Å². The summed E-state index contributed by atoms with van der Waals surface area (Å²) in [5.74, 6) is 0.00914.